The van der Waals surface area contributed by atoms with Crippen molar-refractivity contribution in [1.29, 1.82) is 0 Å². The topological polar surface area (TPSA) is 73.7 Å². The van der Waals surface area contributed by atoms with E-state index < -0.39 is 23.4 Å². The molecule has 1 fully saturated rings. The van der Waals surface area contributed by atoms with Crippen LogP contribution in [0.25, 0.3) is 0 Å². The van der Waals surface area contributed by atoms with E-state index in [2.05, 4.69) is 4.98 Å². The molecular formula is C12H13F3N2O3. The molecule has 0 aromatic carbocycles. The van der Waals surface area contributed by atoms with Crippen molar-refractivity contribution in [2.24, 2.45) is 0 Å². The number of pyridine rings is 1. The second-order valence-corrected chi connectivity index (χ2v) is 4.76. The molecule has 1 amide bonds. The van der Waals surface area contributed by atoms with Gasteiger partial charge in [0.25, 0.3) is 0 Å². The summed E-state index contributed by atoms with van der Waals surface area (Å²) in [5, 5.41) is 19.2. The number of alkyl halides is 3. The highest BCUT2D eigenvalue weighted by molar-refractivity contribution is 5.65. The average molecular weight is 290 g/mol. The fourth-order valence-electron chi connectivity index (χ4n) is 2.21. The highest BCUT2D eigenvalue weighted by Crippen LogP contribution is 2.36. The van der Waals surface area contributed by atoms with E-state index in [4.69, 9.17) is 5.11 Å². The van der Waals surface area contributed by atoms with Crippen LogP contribution in [0.3, 0.4) is 0 Å². The third-order valence-corrected chi connectivity index (χ3v) is 3.46. The van der Waals surface area contributed by atoms with Gasteiger partial charge in [-0.1, -0.05) is 0 Å². The molecule has 0 bridgehead atoms. The lowest BCUT2D eigenvalue weighted by molar-refractivity contribution is -0.138. The molecule has 2 heterocycles. The van der Waals surface area contributed by atoms with E-state index in [9.17, 15) is 23.1 Å². The number of hydrogen-bond acceptors (Lipinski definition) is 3. The summed E-state index contributed by atoms with van der Waals surface area (Å²) in [5.41, 5.74) is -2.33. The molecule has 2 rings (SSSR count). The lowest BCUT2D eigenvalue weighted by Gasteiger charge is -2.37. The van der Waals surface area contributed by atoms with E-state index in [0.717, 1.165) is 11.0 Å². The molecule has 1 aromatic heterocycles. The quantitative estimate of drug-likeness (QED) is 0.830. The first-order valence-corrected chi connectivity index (χ1v) is 5.95. The molecule has 0 unspecified atom stereocenters. The number of aliphatic hydroxyl groups is 1. The highest BCUT2D eigenvalue weighted by Gasteiger charge is 2.38. The molecule has 0 spiro atoms. The van der Waals surface area contributed by atoms with Crippen molar-refractivity contribution in [2.45, 2.75) is 24.6 Å². The zero-order chi connectivity index (χ0) is 15.0. The minimum absolute atomic E-state index is 0.0439. The number of nitrogens with zero attached hydrogens (tertiary/aromatic N) is 2. The number of rotatable bonds is 1. The van der Waals surface area contributed by atoms with E-state index in [0.29, 0.717) is 6.20 Å². The van der Waals surface area contributed by atoms with Crippen LogP contribution in [0.2, 0.25) is 0 Å². The van der Waals surface area contributed by atoms with Crippen molar-refractivity contribution >= 4 is 6.09 Å². The maximum Gasteiger partial charge on any atom is 0.417 e. The number of likely N-dealkylation sites (tertiary alicyclic amines) is 1. The van der Waals surface area contributed by atoms with E-state index in [-0.39, 0.29) is 31.5 Å². The fraction of sp³-hybridized carbons (Fsp3) is 0.500. The van der Waals surface area contributed by atoms with Gasteiger partial charge in [0.2, 0.25) is 0 Å². The summed E-state index contributed by atoms with van der Waals surface area (Å²) >= 11 is 0. The smallest absolute Gasteiger partial charge is 0.417 e. The molecule has 5 nitrogen and oxygen atoms in total. The van der Waals surface area contributed by atoms with Crippen LogP contribution in [0.5, 0.6) is 0 Å². The SMILES string of the molecule is O=C(O)N1CCC(O)(c2cncc(C(F)(F)F)c2)CC1. The van der Waals surface area contributed by atoms with Crippen molar-refractivity contribution < 1.29 is 28.2 Å². The summed E-state index contributed by atoms with van der Waals surface area (Å²) in [6.07, 6.45) is -3.66. The Morgan fingerprint density at radius 2 is 1.90 bits per heavy atom. The van der Waals surface area contributed by atoms with Gasteiger partial charge in [-0.25, -0.2) is 4.79 Å². The first kappa shape index (κ1) is 14.6. The van der Waals surface area contributed by atoms with Crippen LogP contribution in [0.15, 0.2) is 18.5 Å². The summed E-state index contributed by atoms with van der Waals surface area (Å²) in [6.45, 7) is 0.143. The van der Waals surface area contributed by atoms with Crippen LogP contribution in [0.1, 0.15) is 24.0 Å². The average Bonchev–Trinajstić information content (AvgIpc) is 2.38. The standard InChI is InChI=1S/C12H13F3N2O3/c13-12(14,15)9-5-8(6-16-7-9)11(20)1-3-17(4-2-11)10(18)19/h5-7,20H,1-4H2,(H,18,19). The van der Waals surface area contributed by atoms with Gasteiger partial charge in [0, 0.05) is 31.0 Å². The van der Waals surface area contributed by atoms with E-state index in [1.807, 2.05) is 0 Å². The Kier molecular flexibility index (Phi) is 3.59. The number of carboxylic acid groups (broad SMARTS) is 1. The van der Waals surface area contributed by atoms with Gasteiger partial charge in [-0.2, -0.15) is 13.2 Å². The molecule has 1 aliphatic rings. The van der Waals surface area contributed by atoms with Gasteiger partial charge < -0.3 is 15.1 Å². The molecule has 1 aliphatic heterocycles. The van der Waals surface area contributed by atoms with Crippen molar-refractivity contribution in [3.05, 3.63) is 29.6 Å². The fourth-order valence-corrected chi connectivity index (χ4v) is 2.21. The van der Waals surface area contributed by atoms with E-state index >= 15 is 0 Å². The zero-order valence-electron chi connectivity index (χ0n) is 10.4. The van der Waals surface area contributed by atoms with Crippen molar-refractivity contribution in [2.75, 3.05) is 13.1 Å². The summed E-state index contributed by atoms with van der Waals surface area (Å²) < 4.78 is 37.9. The van der Waals surface area contributed by atoms with Gasteiger partial charge in [-0.05, 0) is 18.9 Å². The number of amides is 1. The van der Waals surface area contributed by atoms with Gasteiger partial charge in [-0.15, -0.1) is 0 Å². The first-order valence-electron chi connectivity index (χ1n) is 5.95. The van der Waals surface area contributed by atoms with Crippen LogP contribution in [0, 0.1) is 0 Å². The van der Waals surface area contributed by atoms with Crippen LogP contribution < -0.4 is 0 Å². The molecule has 0 radical (unpaired) electrons. The predicted octanol–water partition coefficient (Wildman–Crippen LogP) is 2.06. The van der Waals surface area contributed by atoms with Gasteiger partial charge in [0.1, 0.15) is 0 Å². The maximum atomic E-state index is 12.6. The van der Waals surface area contributed by atoms with Gasteiger partial charge >= 0.3 is 12.3 Å². The largest absolute Gasteiger partial charge is 0.465 e. The lowest BCUT2D eigenvalue weighted by atomic mass is 9.85. The molecule has 1 saturated heterocycles. The van der Waals surface area contributed by atoms with E-state index in [1.54, 1.807) is 0 Å². The van der Waals surface area contributed by atoms with Gasteiger partial charge in [0.15, 0.2) is 0 Å². The Morgan fingerprint density at radius 3 is 2.40 bits per heavy atom. The predicted molar refractivity (Wildman–Crippen MR) is 62.0 cm³/mol. The Bertz CT molecular complexity index is 511. The Balaban J connectivity index is 2.22. The summed E-state index contributed by atoms with van der Waals surface area (Å²) in [6, 6.07) is 0.865. The molecule has 1 aromatic rings. The highest BCUT2D eigenvalue weighted by atomic mass is 19.4. The number of carbonyl (C=O) groups is 1. The molecule has 20 heavy (non-hydrogen) atoms. The minimum Gasteiger partial charge on any atom is -0.465 e. The first-order chi connectivity index (χ1) is 9.22. The second-order valence-electron chi connectivity index (χ2n) is 4.76. The second kappa shape index (κ2) is 4.93. The molecule has 2 N–H and O–H groups in total. The zero-order valence-corrected chi connectivity index (χ0v) is 10.4. The minimum atomic E-state index is -4.53. The number of halogens is 3. The molecular weight excluding hydrogens is 277 g/mol. The Hall–Kier alpha value is -1.83. The lowest BCUT2D eigenvalue weighted by Crippen LogP contribution is -2.44. The van der Waals surface area contributed by atoms with Crippen LogP contribution in [-0.2, 0) is 11.8 Å². The summed E-state index contributed by atoms with van der Waals surface area (Å²) in [4.78, 5) is 15.4. The van der Waals surface area contributed by atoms with E-state index in [1.165, 1.54) is 6.20 Å². The number of hydrogen-bond donors (Lipinski definition) is 2. The molecule has 8 heteroatoms. The number of piperidine rings is 1. The van der Waals surface area contributed by atoms with Gasteiger partial charge in [0.05, 0.1) is 11.2 Å². The Morgan fingerprint density at radius 1 is 1.30 bits per heavy atom. The summed E-state index contributed by atoms with van der Waals surface area (Å²) in [7, 11) is 0. The van der Waals surface area contributed by atoms with Crippen LogP contribution in [-0.4, -0.2) is 39.3 Å². The molecule has 0 atom stereocenters. The summed E-state index contributed by atoms with van der Waals surface area (Å²) in [5.74, 6) is 0. The van der Waals surface area contributed by atoms with Crippen molar-refractivity contribution in [3.8, 4) is 0 Å². The molecule has 0 saturated carbocycles. The third kappa shape index (κ3) is 2.84. The monoisotopic (exact) mass is 290 g/mol. The number of aromatic nitrogens is 1. The van der Waals surface area contributed by atoms with Crippen molar-refractivity contribution in [3.63, 3.8) is 0 Å². The van der Waals surface area contributed by atoms with Crippen LogP contribution in [0.4, 0.5) is 18.0 Å². The maximum absolute atomic E-state index is 12.6. The molecule has 110 valence electrons. The van der Waals surface area contributed by atoms with Crippen LogP contribution >= 0.6 is 0 Å². The third-order valence-electron chi connectivity index (χ3n) is 3.46. The molecule has 0 aliphatic carbocycles. The Labute approximate surface area is 112 Å². The van der Waals surface area contributed by atoms with Crippen molar-refractivity contribution in [1.82, 2.24) is 9.88 Å². The van der Waals surface area contributed by atoms with Gasteiger partial charge in [-0.3, -0.25) is 4.98 Å². The normalized spacial score (nSPS) is 18.9.